The Bertz CT molecular complexity index is 847. The molecular formula is C20H20F3NO3. The van der Waals surface area contributed by atoms with E-state index in [4.69, 9.17) is 9.47 Å². The van der Waals surface area contributed by atoms with E-state index in [0.717, 1.165) is 23.3 Å². The lowest BCUT2D eigenvalue weighted by Crippen LogP contribution is -2.38. The van der Waals surface area contributed by atoms with Gasteiger partial charge < -0.3 is 14.4 Å². The number of ether oxygens (including phenoxy) is 2. The average molecular weight is 379 g/mol. The Balaban J connectivity index is 1.88. The van der Waals surface area contributed by atoms with Crippen molar-refractivity contribution in [3.05, 3.63) is 58.7 Å². The minimum atomic E-state index is -4.42. The third kappa shape index (κ3) is 3.59. The first-order valence-corrected chi connectivity index (χ1v) is 8.49. The lowest BCUT2D eigenvalue weighted by molar-refractivity contribution is -0.137. The van der Waals surface area contributed by atoms with Gasteiger partial charge in [0.25, 0.3) is 5.91 Å². The molecule has 7 heteroatoms. The average Bonchev–Trinajstić information content (AvgIpc) is 2.66. The Kier molecular flexibility index (Phi) is 5.04. The highest BCUT2D eigenvalue weighted by Gasteiger charge is 2.32. The number of nitrogens with zero attached hydrogens (tertiary/aromatic N) is 1. The number of carbonyl (C=O) groups is 1. The van der Waals surface area contributed by atoms with Crippen LogP contribution in [0.2, 0.25) is 0 Å². The predicted molar refractivity (Wildman–Crippen MR) is 94.1 cm³/mol. The minimum absolute atomic E-state index is 0.233. The van der Waals surface area contributed by atoms with Gasteiger partial charge in [-0.3, -0.25) is 4.79 Å². The van der Waals surface area contributed by atoms with Crippen molar-refractivity contribution in [1.82, 2.24) is 4.90 Å². The van der Waals surface area contributed by atoms with Crippen LogP contribution in [0.15, 0.2) is 36.4 Å². The fourth-order valence-corrected chi connectivity index (χ4v) is 3.39. The number of halogens is 3. The van der Waals surface area contributed by atoms with Gasteiger partial charge in [0, 0.05) is 12.1 Å². The van der Waals surface area contributed by atoms with Gasteiger partial charge in [0.05, 0.1) is 25.8 Å². The summed E-state index contributed by atoms with van der Waals surface area (Å²) in [6.45, 7) is 2.37. The van der Waals surface area contributed by atoms with Crippen molar-refractivity contribution in [2.24, 2.45) is 0 Å². The number of methoxy groups -OCH3 is 2. The van der Waals surface area contributed by atoms with E-state index in [1.54, 1.807) is 19.1 Å². The number of amides is 1. The zero-order valence-corrected chi connectivity index (χ0v) is 15.3. The van der Waals surface area contributed by atoms with Gasteiger partial charge in [0.2, 0.25) is 0 Å². The van der Waals surface area contributed by atoms with Crippen molar-refractivity contribution in [3.63, 3.8) is 0 Å². The Morgan fingerprint density at radius 1 is 1.07 bits per heavy atom. The van der Waals surface area contributed by atoms with E-state index < -0.39 is 11.7 Å². The van der Waals surface area contributed by atoms with Crippen molar-refractivity contribution in [2.75, 3.05) is 20.8 Å². The third-order valence-electron chi connectivity index (χ3n) is 4.91. The van der Waals surface area contributed by atoms with Crippen LogP contribution in [0.4, 0.5) is 13.2 Å². The Morgan fingerprint density at radius 3 is 2.22 bits per heavy atom. The molecule has 144 valence electrons. The van der Waals surface area contributed by atoms with Crippen LogP contribution in [0.5, 0.6) is 11.5 Å². The zero-order chi connectivity index (χ0) is 19.8. The van der Waals surface area contributed by atoms with Crippen molar-refractivity contribution < 1.29 is 27.4 Å². The summed E-state index contributed by atoms with van der Waals surface area (Å²) in [5, 5.41) is 0. The van der Waals surface area contributed by atoms with Crippen LogP contribution in [-0.4, -0.2) is 31.6 Å². The van der Waals surface area contributed by atoms with Crippen LogP contribution in [0.3, 0.4) is 0 Å². The maximum atomic E-state index is 12.8. The van der Waals surface area contributed by atoms with Crippen LogP contribution in [0.1, 0.15) is 40.0 Å². The second kappa shape index (κ2) is 7.13. The molecule has 0 radical (unpaired) electrons. The summed E-state index contributed by atoms with van der Waals surface area (Å²) in [7, 11) is 3.11. The lowest BCUT2D eigenvalue weighted by atomic mass is 9.92. The molecule has 0 spiro atoms. The number of carbonyl (C=O) groups excluding carboxylic acids is 1. The van der Waals surface area contributed by atoms with E-state index in [9.17, 15) is 18.0 Å². The third-order valence-corrected chi connectivity index (χ3v) is 4.91. The molecule has 0 aliphatic carbocycles. The molecular weight excluding hydrogens is 359 g/mol. The van der Waals surface area contributed by atoms with Gasteiger partial charge in [0.1, 0.15) is 0 Å². The van der Waals surface area contributed by atoms with Crippen LogP contribution in [0, 0.1) is 0 Å². The topological polar surface area (TPSA) is 38.8 Å². The van der Waals surface area contributed by atoms with Gasteiger partial charge in [0.15, 0.2) is 11.5 Å². The number of rotatable bonds is 3. The van der Waals surface area contributed by atoms with Crippen molar-refractivity contribution >= 4 is 5.91 Å². The molecule has 0 fully saturated rings. The predicted octanol–water partition coefficient (Wildman–Crippen LogP) is 4.48. The maximum absolute atomic E-state index is 12.8. The molecule has 2 aromatic rings. The van der Waals surface area contributed by atoms with Crippen LogP contribution in [0.25, 0.3) is 0 Å². The van der Waals surface area contributed by atoms with E-state index in [1.165, 1.54) is 12.1 Å². The van der Waals surface area contributed by atoms with E-state index in [2.05, 4.69) is 0 Å². The SMILES string of the molecule is COc1cc2c(cc1OC)[C@@H](C)N(C(=O)c1ccc(C(F)(F)F)cc1)CC2. The molecule has 1 amide bonds. The summed E-state index contributed by atoms with van der Waals surface area (Å²) >= 11 is 0. The summed E-state index contributed by atoms with van der Waals surface area (Å²) in [5.74, 6) is 0.912. The minimum Gasteiger partial charge on any atom is -0.493 e. The van der Waals surface area contributed by atoms with E-state index >= 15 is 0 Å². The fourth-order valence-electron chi connectivity index (χ4n) is 3.39. The van der Waals surface area contributed by atoms with Crippen LogP contribution >= 0.6 is 0 Å². The molecule has 0 saturated heterocycles. The van der Waals surface area contributed by atoms with E-state index in [0.29, 0.717) is 24.5 Å². The van der Waals surface area contributed by atoms with Crippen LogP contribution < -0.4 is 9.47 Å². The molecule has 1 aliphatic heterocycles. The Labute approximate surface area is 155 Å². The highest BCUT2D eigenvalue weighted by molar-refractivity contribution is 5.94. The molecule has 0 aromatic heterocycles. The molecule has 4 nitrogen and oxygen atoms in total. The van der Waals surface area contributed by atoms with Gasteiger partial charge in [-0.05, 0) is 60.9 Å². The monoisotopic (exact) mass is 379 g/mol. The number of fused-ring (bicyclic) bond motifs is 1. The molecule has 1 aliphatic rings. The molecule has 27 heavy (non-hydrogen) atoms. The molecule has 1 heterocycles. The normalized spacial score (nSPS) is 16.7. The van der Waals surface area contributed by atoms with Crippen molar-refractivity contribution in [3.8, 4) is 11.5 Å². The quantitative estimate of drug-likeness (QED) is 0.789. The second-order valence-corrected chi connectivity index (χ2v) is 6.41. The first kappa shape index (κ1) is 19.1. The van der Waals surface area contributed by atoms with Crippen LogP contribution in [-0.2, 0) is 12.6 Å². The molecule has 1 atom stereocenters. The Morgan fingerprint density at radius 2 is 1.67 bits per heavy atom. The number of alkyl halides is 3. The summed E-state index contributed by atoms with van der Waals surface area (Å²) in [5.41, 5.74) is 1.47. The molecule has 0 bridgehead atoms. The first-order chi connectivity index (χ1) is 12.8. The lowest BCUT2D eigenvalue weighted by Gasteiger charge is -2.36. The highest BCUT2D eigenvalue weighted by atomic mass is 19.4. The van der Waals surface area contributed by atoms with E-state index in [1.807, 2.05) is 19.1 Å². The maximum Gasteiger partial charge on any atom is 0.416 e. The standard InChI is InChI=1S/C20H20F3NO3/c1-12-16-11-18(27-3)17(26-2)10-14(16)8-9-24(12)19(25)13-4-6-15(7-5-13)20(21,22)23/h4-7,10-12H,8-9H2,1-3H3/t12-/m1/s1. The zero-order valence-electron chi connectivity index (χ0n) is 15.3. The number of benzene rings is 2. The summed E-state index contributed by atoms with van der Waals surface area (Å²) < 4.78 is 48.8. The molecule has 0 N–H and O–H groups in total. The first-order valence-electron chi connectivity index (χ1n) is 8.49. The van der Waals surface area contributed by atoms with Crippen molar-refractivity contribution in [2.45, 2.75) is 25.6 Å². The summed E-state index contributed by atoms with van der Waals surface area (Å²) in [4.78, 5) is 14.5. The van der Waals surface area contributed by atoms with Gasteiger partial charge >= 0.3 is 6.18 Å². The smallest absolute Gasteiger partial charge is 0.416 e. The second-order valence-electron chi connectivity index (χ2n) is 6.41. The number of hydrogen-bond acceptors (Lipinski definition) is 3. The molecule has 0 unspecified atom stereocenters. The molecule has 2 aromatic carbocycles. The number of hydrogen-bond donors (Lipinski definition) is 0. The molecule has 3 rings (SSSR count). The van der Waals surface area contributed by atoms with Gasteiger partial charge in [-0.25, -0.2) is 0 Å². The molecule has 0 saturated carbocycles. The van der Waals surface area contributed by atoms with Crippen molar-refractivity contribution in [1.29, 1.82) is 0 Å². The van der Waals surface area contributed by atoms with E-state index in [-0.39, 0.29) is 17.5 Å². The Hall–Kier alpha value is -2.70. The fraction of sp³-hybridized carbons (Fsp3) is 0.350. The van der Waals surface area contributed by atoms with Gasteiger partial charge in [-0.15, -0.1) is 0 Å². The van der Waals surface area contributed by atoms with Gasteiger partial charge in [-0.1, -0.05) is 0 Å². The summed E-state index contributed by atoms with van der Waals surface area (Å²) in [6.07, 6.45) is -3.79. The largest absolute Gasteiger partial charge is 0.493 e. The van der Waals surface area contributed by atoms with Gasteiger partial charge in [-0.2, -0.15) is 13.2 Å². The highest BCUT2D eigenvalue weighted by Crippen LogP contribution is 2.38. The summed E-state index contributed by atoms with van der Waals surface area (Å²) in [6, 6.07) is 7.84.